The minimum absolute atomic E-state index is 0.0455. The zero-order chi connectivity index (χ0) is 51.0. The van der Waals surface area contributed by atoms with Crippen LogP contribution < -0.4 is 0 Å². The van der Waals surface area contributed by atoms with Gasteiger partial charge in [-0.05, 0) is 179 Å². The van der Waals surface area contributed by atoms with Crippen molar-refractivity contribution in [3.63, 3.8) is 0 Å². The van der Waals surface area contributed by atoms with Gasteiger partial charge in [-0.25, -0.2) is 0 Å². The smallest absolute Gasteiger partial charge is 0.426 e. The second kappa shape index (κ2) is 19.3. The lowest BCUT2D eigenvalue weighted by molar-refractivity contribution is -0.397. The molecule has 3 saturated heterocycles. The van der Waals surface area contributed by atoms with Crippen LogP contribution in [0, 0.1) is 75.4 Å². The summed E-state index contributed by atoms with van der Waals surface area (Å²) < 4.78 is 118. The van der Waals surface area contributed by atoms with E-state index in [0.29, 0.717) is 31.6 Å². The first-order chi connectivity index (χ1) is 32.0. The highest BCUT2D eigenvalue weighted by molar-refractivity contribution is 5.79. The molecule has 0 aromatic carbocycles. The first-order valence-corrected chi connectivity index (χ1v) is 25.8. The van der Waals surface area contributed by atoms with Gasteiger partial charge in [0, 0.05) is 13.0 Å². The summed E-state index contributed by atoms with van der Waals surface area (Å²) in [7, 11) is 0.964. The third-order valence-corrected chi connectivity index (χ3v) is 19.2. The highest BCUT2D eigenvalue weighted by Gasteiger charge is 2.74. The van der Waals surface area contributed by atoms with Crippen molar-refractivity contribution in [1.29, 1.82) is 0 Å². The van der Waals surface area contributed by atoms with Crippen molar-refractivity contribution in [3.8, 4) is 0 Å². The van der Waals surface area contributed by atoms with Crippen LogP contribution in [0.2, 0.25) is 0 Å². The molecular formula is C52H78F6O11. The minimum atomic E-state index is -5.64. The fraction of sp³-hybridized carbons (Fsp3) is 0.923. The third-order valence-electron chi connectivity index (χ3n) is 19.2. The monoisotopic (exact) mass is 993 g/mol. The molecule has 17 heteroatoms. The molecule has 3 heterocycles. The van der Waals surface area contributed by atoms with Gasteiger partial charge in [0.25, 0.3) is 5.60 Å². The molecule has 0 aromatic rings. The predicted molar refractivity (Wildman–Crippen MR) is 239 cm³/mol. The summed E-state index contributed by atoms with van der Waals surface area (Å²) in [5.74, 6) is 2.98. The lowest BCUT2D eigenvalue weighted by Gasteiger charge is -2.46. The number of carbonyl (C=O) groups excluding carboxylic acids is 4. The van der Waals surface area contributed by atoms with Crippen molar-refractivity contribution >= 4 is 23.9 Å². The average Bonchev–Trinajstić information content (AvgIpc) is 4.16. The highest BCUT2D eigenvalue weighted by Crippen LogP contribution is 2.71. The van der Waals surface area contributed by atoms with Crippen molar-refractivity contribution in [2.75, 3.05) is 13.9 Å². The molecule has 9 rings (SSSR count). The second-order valence-electron chi connectivity index (χ2n) is 24.1. The minimum Gasteiger partial charge on any atom is -0.462 e. The molecule has 0 aromatic heterocycles. The van der Waals surface area contributed by atoms with Crippen LogP contribution in [-0.4, -0.2) is 91.9 Å². The SMILES string of the molecule is CCC(C)(C)C(=O)OC1(CC)CC2CC1C1C3CCC(C3)C21.CCC(C)(C)C(=O)OC1C2CC3C(=O)OC1C3O2.CCC(C)(C)C(=O)OC1CC2CC1CC2CC(OCOC)(C(F)(F)F)C(F)(F)F. The molecule has 3 aliphatic heterocycles. The number of carbonyl (C=O) groups is 4. The molecule has 6 saturated carbocycles. The van der Waals surface area contributed by atoms with E-state index in [-0.39, 0.29) is 71.7 Å². The molecule has 8 bridgehead atoms. The van der Waals surface area contributed by atoms with E-state index >= 15 is 0 Å². The second-order valence-corrected chi connectivity index (χ2v) is 24.1. The van der Waals surface area contributed by atoms with Crippen molar-refractivity contribution in [2.24, 2.45) is 75.4 Å². The number of esters is 4. The Balaban J connectivity index is 0.000000157. The van der Waals surface area contributed by atoms with E-state index in [1.54, 1.807) is 13.8 Å². The number of halogens is 6. The van der Waals surface area contributed by atoms with E-state index in [2.05, 4.69) is 23.3 Å². The van der Waals surface area contributed by atoms with Crippen LogP contribution in [-0.2, 0) is 52.3 Å². The van der Waals surface area contributed by atoms with Gasteiger partial charge >= 0.3 is 36.2 Å². The zero-order valence-corrected chi connectivity index (χ0v) is 42.5. The molecule has 9 aliphatic rings. The Morgan fingerprint density at radius 2 is 1.23 bits per heavy atom. The van der Waals surface area contributed by atoms with Crippen LogP contribution >= 0.6 is 0 Å². The molecule has 0 spiro atoms. The predicted octanol–water partition coefficient (Wildman–Crippen LogP) is 11.1. The number of methoxy groups -OCH3 is 1. The molecule has 0 amide bonds. The molecule has 16 atom stereocenters. The third kappa shape index (κ3) is 9.71. The Kier molecular flexibility index (Phi) is 15.1. The van der Waals surface area contributed by atoms with Gasteiger partial charge in [0.05, 0.1) is 28.3 Å². The Bertz CT molecular complexity index is 1890. The molecule has 69 heavy (non-hydrogen) atoms. The van der Waals surface area contributed by atoms with Crippen molar-refractivity contribution in [1.82, 2.24) is 0 Å². The lowest BCUT2D eigenvalue weighted by Crippen LogP contribution is -2.60. The first kappa shape index (κ1) is 54.1. The maximum absolute atomic E-state index is 13.5. The molecular weight excluding hydrogens is 915 g/mol. The van der Waals surface area contributed by atoms with Crippen molar-refractivity contribution in [2.45, 2.75) is 213 Å². The van der Waals surface area contributed by atoms with Crippen LogP contribution in [0.5, 0.6) is 0 Å². The number of hydrogen-bond acceptors (Lipinski definition) is 11. The van der Waals surface area contributed by atoms with Gasteiger partial charge < -0.3 is 33.2 Å². The zero-order valence-electron chi connectivity index (χ0n) is 42.5. The molecule has 6 aliphatic carbocycles. The average molecular weight is 993 g/mol. The molecule has 16 unspecified atom stereocenters. The van der Waals surface area contributed by atoms with Gasteiger partial charge in [-0.2, -0.15) is 26.3 Å². The number of alkyl halides is 6. The van der Waals surface area contributed by atoms with E-state index in [9.17, 15) is 45.5 Å². The Morgan fingerprint density at radius 1 is 0.667 bits per heavy atom. The van der Waals surface area contributed by atoms with Gasteiger partial charge in [0.2, 0.25) is 0 Å². The van der Waals surface area contributed by atoms with Gasteiger partial charge in [0.15, 0.2) is 12.2 Å². The summed E-state index contributed by atoms with van der Waals surface area (Å²) in [6, 6.07) is 0. The number of fused-ring (bicyclic) bond motifs is 12. The van der Waals surface area contributed by atoms with Gasteiger partial charge in [-0.15, -0.1) is 0 Å². The maximum Gasteiger partial charge on any atom is 0.426 e. The van der Waals surface area contributed by atoms with Gasteiger partial charge in [-0.3, -0.25) is 19.2 Å². The fourth-order valence-corrected chi connectivity index (χ4v) is 13.9. The van der Waals surface area contributed by atoms with Crippen molar-refractivity contribution in [3.05, 3.63) is 0 Å². The Hall–Kier alpha value is -2.66. The Labute approximate surface area is 404 Å². The van der Waals surface area contributed by atoms with Gasteiger partial charge in [0.1, 0.15) is 24.6 Å². The largest absolute Gasteiger partial charge is 0.462 e. The molecule has 11 nitrogen and oxygen atoms in total. The van der Waals surface area contributed by atoms with Crippen LogP contribution in [0.1, 0.15) is 159 Å². The normalized spacial score (nSPS) is 38.0. The molecule has 0 N–H and O–H groups in total. The highest BCUT2D eigenvalue weighted by atomic mass is 19.4. The summed E-state index contributed by atoms with van der Waals surface area (Å²) in [6.45, 7) is 18.3. The first-order valence-electron chi connectivity index (χ1n) is 25.8. The fourth-order valence-electron chi connectivity index (χ4n) is 13.9. The summed E-state index contributed by atoms with van der Waals surface area (Å²) in [6.07, 6.45) is -2.60. The van der Waals surface area contributed by atoms with E-state index in [0.717, 1.165) is 56.0 Å². The summed E-state index contributed by atoms with van der Waals surface area (Å²) in [5.41, 5.74) is -5.93. The maximum atomic E-state index is 13.5. The molecule has 9 fully saturated rings. The van der Waals surface area contributed by atoms with Crippen LogP contribution in [0.15, 0.2) is 0 Å². The topological polar surface area (TPSA) is 133 Å². The van der Waals surface area contributed by atoms with Crippen LogP contribution in [0.3, 0.4) is 0 Å². The van der Waals surface area contributed by atoms with E-state index < -0.39 is 72.2 Å². The molecule has 0 radical (unpaired) electrons. The summed E-state index contributed by atoms with van der Waals surface area (Å²) in [4.78, 5) is 48.6. The van der Waals surface area contributed by atoms with E-state index in [1.165, 1.54) is 25.7 Å². The summed E-state index contributed by atoms with van der Waals surface area (Å²) >= 11 is 0. The van der Waals surface area contributed by atoms with E-state index in [1.807, 2.05) is 41.5 Å². The number of hydrogen-bond donors (Lipinski definition) is 0. The Morgan fingerprint density at radius 3 is 1.77 bits per heavy atom. The van der Waals surface area contributed by atoms with E-state index in [4.69, 9.17) is 23.7 Å². The number of rotatable bonds is 15. The number of ether oxygens (including phenoxy) is 7. The summed E-state index contributed by atoms with van der Waals surface area (Å²) in [5, 5.41) is 0. The lowest BCUT2D eigenvalue weighted by atomic mass is 9.65. The molecule has 394 valence electrons. The van der Waals surface area contributed by atoms with Crippen molar-refractivity contribution < 1.29 is 78.7 Å². The van der Waals surface area contributed by atoms with Crippen LogP contribution in [0.25, 0.3) is 0 Å². The standard InChI is InChI=1S/C20H32O2.C19H28F6O4.C13H18O5/c1-5-19(3,4)18(21)22-20(6-2)11-14-10-15(20)17-13-8-7-12(9-13)16(14)17;1-5-16(2,3)15(26)29-14-8-11-6-12(14)7-13(11)9-17(18(20,21)22,19(23,24)25)28-10-27-4;1-4-13(2,3)12(15)18-9-7-5-6-8(16-7)10(9)17-11(6)14/h12-17H,5-11H2,1-4H3;11-14H,5-10H2,1-4H3;6-10H,4-5H2,1-3H3. The van der Waals surface area contributed by atoms with Crippen LogP contribution in [0.4, 0.5) is 26.3 Å². The quantitative estimate of drug-likeness (QED) is 0.0510. The van der Waals surface area contributed by atoms with Gasteiger partial charge in [-0.1, -0.05) is 27.7 Å².